The van der Waals surface area contributed by atoms with Crippen molar-refractivity contribution in [2.24, 2.45) is 0 Å². The summed E-state index contributed by atoms with van der Waals surface area (Å²) in [5.74, 6) is 0. The van der Waals surface area contributed by atoms with Crippen molar-refractivity contribution in [1.82, 2.24) is 5.32 Å². The summed E-state index contributed by atoms with van der Waals surface area (Å²) < 4.78 is 0. The molecule has 0 bridgehead atoms. The zero-order valence-corrected chi connectivity index (χ0v) is 8.88. The summed E-state index contributed by atoms with van der Waals surface area (Å²) in [5, 5.41) is 5.40. The van der Waals surface area contributed by atoms with Crippen molar-refractivity contribution in [2.45, 2.75) is 6.92 Å². The summed E-state index contributed by atoms with van der Waals surface area (Å²) in [6.45, 7) is 6.93. The Morgan fingerprint density at radius 3 is 2.71 bits per heavy atom. The Bertz CT molecular complexity index is 415. The second-order valence-electron chi connectivity index (χ2n) is 3.24. The van der Waals surface area contributed by atoms with Crippen molar-refractivity contribution in [3.8, 4) is 0 Å². The highest BCUT2D eigenvalue weighted by molar-refractivity contribution is 5.47. The first-order valence-electron chi connectivity index (χ1n) is 4.83. The van der Waals surface area contributed by atoms with Gasteiger partial charge < -0.3 is 5.32 Å². The summed E-state index contributed by atoms with van der Waals surface area (Å²) in [5.41, 5.74) is 1.28. The first-order chi connectivity index (χ1) is 6.77. The molecule has 0 fully saturated rings. The highest BCUT2D eigenvalue weighted by Gasteiger charge is 1.88. The number of benzene rings is 1. The molecule has 0 atom stereocenters. The number of rotatable bonds is 3. The fourth-order valence-corrected chi connectivity index (χ4v) is 1.32. The van der Waals surface area contributed by atoms with Gasteiger partial charge in [0.15, 0.2) is 0 Å². The number of nitrogens with one attached hydrogen (secondary N) is 1. The predicted octanol–water partition coefficient (Wildman–Crippen LogP) is 1.04. The fraction of sp³-hybridized carbons (Fsp3) is 0.231. The van der Waals surface area contributed by atoms with E-state index in [4.69, 9.17) is 0 Å². The molecule has 1 heteroatoms. The standard InChI is InChI=1S/C13H17N/c1-4-12(10-14-3)9-13-8-6-5-7-11(13)2/h4-9,14H,2,10H2,1,3H3. The average molecular weight is 187 g/mol. The summed E-state index contributed by atoms with van der Waals surface area (Å²) in [7, 11) is 1.95. The zero-order chi connectivity index (χ0) is 10.4. The molecule has 1 aromatic rings. The Morgan fingerprint density at radius 1 is 1.43 bits per heavy atom. The molecule has 0 radical (unpaired) electrons. The van der Waals surface area contributed by atoms with E-state index >= 15 is 0 Å². The normalized spacial score (nSPS) is 13.3. The van der Waals surface area contributed by atoms with Crippen LogP contribution in [0.3, 0.4) is 0 Å². The Labute approximate surface area is 85.5 Å². The highest BCUT2D eigenvalue weighted by Crippen LogP contribution is 1.92. The van der Waals surface area contributed by atoms with Gasteiger partial charge in [0.2, 0.25) is 0 Å². The Hall–Kier alpha value is -1.34. The molecule has 0 heterocycles. The van der Waals surface area contributed by atoms with Gasteiger partial charge in [-0.05, 0) is 30.0 Å². The van der Waals surface area contributed by atoms with Gasteiger partial charge in [-0.1, -0.05) is 43.0 Å². The smallest absolute Gasteiger partial charge is 0.0199 e. The van der Waals surface area contributed by atoms with Crippen molar-refractivity contribution >= 4 is 12.7 Å². The van der Waals surface area contributed by atoms with Crippen LogP contribution in [-0.4, -0.2) is 13.6 Å². The minimum atomic E-state index is 0.894. The van der Waals surface area contributed by atoms with Crippen LogP contribution in [0.1, 0.15) is 6.92 Å². The van der Waals surface area contributed by atoms with Crippen LogP contribution < -0.4 is 15.8 Å². The largest absolute Gasteiger partial charge is 0.316 e. The van der Waals surface area contributed by atoms with Crippen LogP contribution in [0.5, 0.6) is 0 Å². The number of likely N-dealkylation sites (N-methyl/N-ethyl adjacent to an activating group) is 1. The average Bonchev–Trinajstić information content (AvgIpc) is 2.20. The van der Waals surface area contributed by atoms with E-state index < -0.39 is 0 Å². The quantitative estimate of drug-likeness (QED) is 0.745. The molecule has 0 unspecified atom stereocenters. The second-order valence-corrected chi connectivity index (χ2v) is 3.24. The van der Waals surface area contributed by atoms with Crippen molar-refractivity contribution in [1.29, 1.82) is 0 Å². The van der Waals surface area contributed by atoms with Crippen LogP contribution in [0.25, 0.3) is 12.7 Å². The SMILES string of the molecule is C=c1ccccc1=CC(=CC)CNC. The fourth-order valence-electron chi connectivity index (χ4n) is 1.32. The predicted molar refractivity (Wildman–Crippen MR) is 63.4 cm³/mol. The first-order valence-corrected chi connectivity index (χ1v) is 4.83. The summed E-state index contributed by atoms with van der Waals surface area (Å²) in [6, 6.07) is 8.15. The van der Waals surface area contributed by atoms with Crippen molar-refractivity contribution < 1.29 is 0 Å². The van der Waals surface area contributed by atoms with Gasteiger partial charge in [-0.3, -0.25) is 0 Å². The molecule has 0 saturated carbocycles. The maximum atomic E-state index is 3.99. The van der Waals surface area contributed by atoms with Gasteiger partial charge in [0.05, 0.1) is 0 Å². The Balaban J connectivity index is 3.09. The maximum Gasteiger partial charge on any atom is 0.0199 e. The van der Waals surface area contributed by atoms with Gasteiger partial charge >= 0.3 is 0 Å². The number of hydrogen-bond donors (Lipinski definition) is 1. The van der Waals surface area contributed by atoms with Crippen LogP contribution >= 0.6 is 0 Å². The first kappa shape index (κ1) is 10.7. The Kier molecular flexibility index (Phi) is 4.14. The lowest BCUT2D eigenvalue weighted by Gasteiger charge is -1.99. The molecule has 0 aliphatic heterocycles. The van der Waals surface area contributed by atoms with E-state index in [0.29, 0.717) is 0 Å². The van der Waals surface area contributed by atoms with Gasteiger partial charge in [-0.15, -0.1) is 0 Å². The van der Waals surface area contributed by atoms with E-state index in [2.05, 4.69) is 37.0 Å². The van der Waals surface area contributed by atoms with Gasteiger partial charge in [0.1, 0.15) is 0 Å². The minimum Gasteiger partial charge on any atom is -0.316 e. The zero-order valence-electron chi connectivity index (χ0n) is 8.88. The Morgan fingerprint density at radius 2 is 2.14 bits per heavy atom. The van der Waals surface area contributed by atoms with Crippen LogP contribution in [0.2, 0.25) is 0 Å². The topological polar surface area (TPSA) is 12.0 Å². The van der Waals surface area contributed by atoms with Gasteiger partial charge in [0, 0.05) is 6.54 Å². The van der Waals surface area contributed by atoms with E-state index in [9.17, 15) is 0 Å². The summed E-state index contributed by atoms with van der Waals surface area (Å²) in [4.78, 5) is 0. The van der Waals surface area contributed by atoms with Crippen molar-refractivity contribution in [2.75, 3.05) is 13.6 Å². The van der Waals surface area contributed by atoms with E-state index in [1.165, 1.54) is 10.8 Å². The van der Waals surface area contributed by atoms with Crippen LogP contribution in [0.4, 0.5) is 0 Å². The summed E-state index contributed by atoms with van der Waals surface area (Å²) in [6.07, 6.45) is 4.28. The van der Waals surface area contributed by atoms with Gasteiger partial charge in [-0.25, -0.2) is 0 Å². The lowest BCUT2D eigenvalue weighted by molar-refractivity contribution is 0.900. The lowest BCUT2D eigenvalue weighted by Crippen LogP contribution is -2.23. The summed E-state index contributed by atoms with van der Waals surface area (Å²) >= 11 is 0. The molecule has 1 aromatic carbocycles. The molecule has 0 saturated heterocycles. The molecule has 1 nitrogen and oxygen atoms in total. The van der Waals surface area contributed by atoms with Crippen molar-refractivity contribution in [3.05, 3.63) is 46.4 Å². The molecule has 0 aliphatic carbocycles. The van der Waals surface area contributed by atoms with E-state index in [1.807, 2.05) is 25.2 Å². The van der Waals surface area contributed by atoms with E-state index in [1.54, 1.807) is 0 Å². The number of allylic oxidation sites excluding steroid dienone is 1. The maximum absolute atomic E-state index is 3.99. The van der Waals surface area contributed by atoms with Crippen LogP contribution in [0.15, 0.2) is 35.9 Å². The van der Waals surface area contributed by atoms with E-state index in [0.717, 1.165) is 11.8 Å². The third-order valence-electron chi connectivity index (χ3n) is 2.15. The molecule has 1 N–H and O–H groups in total. The molecular formula is C13H17N. The molecular weight excluding hydrogens is 170 g/mol. The number of hydrogen-bond acceptors (Lipinski definition) is 1. The van der Waals surface area contributed by atoms with Crippen molar-refractivity contribution in [3.63, 3.8) is 0 Å². The molecule has 1 rings (SSSR count). The highest BCUT2D eigenvalue weighted by atomic mass is 14.8. The molecule has 0 spiro atoms. The third-order valence-corrected chi connectivity index (χ3v) is 2.15. The monoisotopic (exact) mass is 187 g/mol. The van der Waals surface area contributed by atoms with Crippen LogP contribution in [-0.2, 0) is 0 Å². The van der Waals surface area contributed by atoms with Crippen LogP contribution in [0, 0.1) is 0 Å². The third kappa shape index (κ3) is 2.86. The van der Waals surface area contributed by atoms with E-state index in [-0.39, 0.29) is 0 Å². The molecule has 74 valence electrons. The molecule has 14 heavy (non-hydrogen) atoms. The minimum absolute atomic E-state index is 0.894. The second kappa shape index (κ2) is 5.40. The molecule has 0 aromatic heterocycles. The van der Waals surface area contributed by atoms with Gasteiger partial charge in [-0.2, -0.15) is 0 Å². The molecule has 0 aliphatic rings. The lowest BCUT2D eigenvalue weighted by atomic mass is 10.1. The van der Waals surface area contributed by atoms with Gasteiger partial charge in [0.25, 0.3) is 0 Å². The molecule has 0 amide bonds.